The molecule has 2 rings (SSSR count). The van der Waals surface area contributed by atoms with E-state index in [0.29, 0.717) is 24.7 Å². The van der Waals surface area contributed by atoms with Gasteiger partial charge in [0.2, 0.25) is 5.91 Å². The highest BCUT2D eigenvalue weighted by Gasteiger charge is 2.10. The van der Waals surface area contributed by atoms with Crippen molar-refractivity contribution in [1.82, 2.24) is 5.32 Å². The molecule has 166 valence electrons. The Balaban J connectivity index is 1.68. The summed E-state index contributed by atoms with van der Waals surface area (Å²) in [6.07, 6.45) is 1.82. The summed E-state index contributed by atoms with van der Waals surface area (Å²) in [5.74, 6) is -0.108. The highest BCUT2D eigenvalue weighted by Crippen LogP contribution is 2.18. The van der Waals surface area contributed by atoms with Crippen LogP contribution in [0.3, 0.4) is 0 Å². The summed E-state index contributed by atoms with van der Waals surface area (Å²) in [4.78, 5) is 23.4. The number of hydrogen-bond donors (Lipinski definition) is 2. The molecular weight excluding hydrogens is 416 g/mol. The third-order valence-corrected chi connectivity index (χ3v) is 4.38. The summed E-state index contributed by atoms with van der Waals surface area (Å²) in [5, 5.41) is 5.65. The van der Waals surface area contributed by atoms with E-state index in [0.717, 1.165) is 12.8 Å². The van der Waals surface area contributed by atoms with Gasteiger partial charge in [-0.1, -0.05) is 36.4 Å². The number of carbonyl (C=O) groups is 2. The van der Waals surface area contributed by atoms with E-state index in [1.165, 1.54) is 12.7 Å². The smallest absolute Gasteiger partial charge is 0.306 e. The molecule has 0 fully saturated rings. The number of amides is 1. The second-order valence-corrected chi connectivity index (χ2v) is 7.09. The number of hydrogen-bond acceptors (Lipinski definition) is 6. The molecule has 8 heteroatoms. The topological polar surface area (TPSA) is 85.9 Å². The van der Waals surface area contributed by atoms with Crippen molar-refractivity contribution in [2.75, 3.05) is 32.2 Å². The second-order valence-electron chi connectivity index (χ2n) is 6.68. The van der Waals surface area contributed by atoms with Crippen LogP contribution in [0, 0.1) is 0 Å². The zero-order valence-corrected chi connectivity index (χ0v) is 18.4. The lowest BCUT2D eigenvalue weighted by molar-refractivity contribution is -0.146. The molecule has 0 aliphatic heterocycles. The Labute approximate surface area is 188 Å². The molecule has 0 spiro atoms. The fourth-order valence-corrected chi connectivity index (χ4v) is 2.88. The normalized spacial score (nSPS) is 10.2. The molecule has 0 bridgehead atoms. The SMILES string of the molecule is COCCOC(=O)CCC(=O)NC(=S)Nc1cccc(OCCCc2ccccc2)c1. The van der Waals surface area contributed by atoms with Crippen LogP contribution < -0.4 is 15.4 Å². The van der Waals surface area contributed by atoms with Gasteiger partial charge in [-0.25, -0.2) is 0 Å². The number of carbonyl (C=O) groups excluding carboxylic acids is 2. The van der Waals surface area contributed by atoms with Gasteiger partial charge in [0.05, 0.1) is 19.6 Å². The largest absolute Gasteiger partial charge is 0.494 e. The number of nitrogens with one attached hydrogen (secondary N) is 2. The van der Waals surface area contributed by atoms with Crippen molar-refractivity contribution < 1.29 is 23.8 Å². The Morgan fingerprint density at radius 3 is 2.55 bits per heavy atom. The number of methoxy groups -OCH3 is 1. The van der Waals surface area contributed by atoms with Gasteiger partial charge >= 0.3 is 5.97 Å². The Morgan fingerprint density at radius 1 is 0.968 bits per heavy atom. The summed E-state index contributed by atoms with van der Waals surface area (Å²) < 4.78 is 15.5. The first kappa shape index (κ1) is 24.3. The first-order valence-corrected chi connectivity index (χ1v) is 10.5. The van der Waals surface area contributed by atoms with Crippen LogP contribution in [0.4, 0.5) is 5.69 Å². The van der Waals surface area contributed by atoms with Crippen LogP contribution in [0.2, 0.25) is 0 Å². The molecule has 0 aromatic heterocycles. The third kappa shape index (κ3) is 10.6. The van der Waals surface area contributed by atoms with E-state index in [4.69, 9.17) is 26.4 Å². The minimum atomic E-state index is -0.455. The maximum Gasteiger partial charge on any atom is 0.306 e. The highest BCUT2D eigenvalue weighted by molar-refractivity contribution is 7.80. The van der Waals surface area contributed by atoms with Crippen LogP contribution >= 0.6 is 12.2 Å². The third-order valence-electron chi connectivity index (χ3n) is 4.17. The van der Waals surface area contributed by atoms with Crippen molar-refractivity contribution in [2.45, 2.75) is 25.7 Å². The average molecular weight is 445 g/mol. The quantitative estimate of drug-likeness (QED) is 0.294. The van der Waals surface area contributed by atoms with Gasteiger partial charge in [-0.2, -0.15) is 0 Å². The van der Waals surface area contributed by atoms with E-state index in [9.17, 15) is 9.59 Å². The Bertz CT molecular complexity index is 845. The van der Waals surface area contributed by atoms with Gasteiger partial charge in [0, 0.05) is 25.3 Å². The van der Waals surface area contributed by atoms with Crippen LogP contribution in [0.5, 0.6) is 5.75 Å². The van der Waals surface area contributed by atoms with Gasteiger partial charge in [0.25, 0.3) is 0 Å². The first-order valence-electron chi connectivity index (χ1n) is 10.1. The predicted octanol–water partition coefficient (Wildman–Crippen LogP) is 3.48. The number of esters is 1. The lowest BCUT2D eigenvalue weighted by atomic mass is 10.1. The fourth-order valence-electron chi connectivity index (χ4n) is 2.65. The van der Waals surface area contributed by atoms with Gasteiger partial charge in [-0.05, 0) is 42.8 Å². The summed E-state index contributed by atoms with van der Waals surface area (Å²) in [5.41, 5.74) is 1.98. The minimum absolute atomic E-state index is 0.0157. The summed E-state index contributed by atoms with van der Waals surface area (Å²) in [6, 6.07) is 17.6. The van der Waals surface area contributed by atoms with E-state index in [1.54, 1.807) is 0 Å². The van der Waals surface area contributed by atoms with Crippen molar-refractivity contribution >= 4 is 34.9 Å². The molecule has 1 amide bonds. The van der Waals surface area contributed by atoms with E-state index < -0.39 is 5.97 Å². The van der Waals surface area contributed by atoms with Crippen molar-refractivity contribution in [1.29, 1.82) is 0 Å². The molecule has 31 heavy (non-hydrogen) atoms. The molecule has 0 atom stereocenters. The van der Waals surface area contributed by atoms with Gasteiger partial charge in [0.1, 0.15) is 12.4 Å². The molecule has 0 aliphatic carbocycles. The van der Waals surface area contributed by atoms with Crippen molar-refractivity contribution in [3.05, 3.63) is 60.2 Å². The molecule has 2 N–H and O–H groups in total. The standard InChI is InChI=1S/C23H28N2O5S/c1-28-15-16-30-22(27)13-12-21(26)25-23(31)24-19-10-5-11-20(17-19)29-14-6-9-18-7-3-2-4-8-18/h2-5,7-8,10-11,17H,6,9,12-16H2,1H3,(H2,24,25,26,31). The number of anilines is 1. The minimum Gasteiger partial charge on any atom is -0.494 e. The van der Waals surface area contributed by atoms with Crippen LogP contribution in [-0.4, -0.2) is 43.9 Å². The van der Waals surface area contributed by atoms with Gasteiger partial charge < -0.3 is 24.8 Å². The first-order chi connectivity index (χ1) is 15.1. The molecule has 2 aromatic carbocycles. The monoisotopic (exact) mass is 444 g/mol. The van der Waals surface area contributed by atoms with Crippen LogP contribution in [0.25, 0.3) is 0 Å². The zero-order chi connectivity index (χ0) is 22.3. The summed E-state index contributed by atoms with van der Waals surface area (Å²) >= 11 is 5.16. The van der Waals surface area contributed by atoms with Crippen molar-refractivity contribution in [3.8, 4) is 5.75 Å². The van der Waals surface area contributed by atoms with Crippen molar-refractivity contribution in [2.24, 2.45) is 0 Å². The average Bonchev–Trinajstić information content (AvgIpc) is 2.76. The van der Waals surface area contributed by atoms with Gasteiger partial charge in [-0.15, -0.1) is 0 Å². The number of aryl methyl sites for hydroxylation is 1. The van der Waals surface area contributed by atoms with Gasteiger partial charge in [0.15, 0.2) is 5.11 Å². The molecule has 0 aliphatic rings. The predicted molar refractivity (Wildman–Crippen MR) is 123 cm³/mol. The molecular formula is C23H28N2O5S. The van der Waals surface area contributed by atoms with E-state index in [-0.39, 0.29) is 30.5 Å². The molecule has 0 heterocycles. The number of thiocarbonyl (C=S) groups is 1. The molecule has 0 unspecified atom stereocenters. The van der Waals surface area contributed by atoms with E-state index >= 15 is 0 Å². The zero-order valence-electron chi connectivity index (χ0n) is 17.6. The fraction of sp³-hybridized carbons (Fsp3) is 0.348. The summed E-state index contributed by atoms with van der Waals surface area (Å²) in [6.45, 7) is 1.09. The molecule has 0 saturated heterocycles. The molecule has 0 saturated carbocycles. The number of ether oxygens (including phenoxy) is 3. The van der Waals surface area contributed by atoms with E-state index in [2.05, 4.69) is 22.8 Å². The maximum atomic E-state index is 11.9. The van der Waals surface area contributed by atoms with Crippen LogP contribution in [0.1, 0.15) is 24.8 Å². The molecule has 0 radical (unpaired) electrons. The molecule has 2 aromatic rings. The Kier molecular flexibility index (Phi) is 11.1. The van der Waals surface area contributed by atoms with Crippen LogP contribution in [-0.2, 0) is 25.5 Å². The Hall–Kier alpha value is -2.97. The van der Waals surface area contributed by atoms with Gasteiger partial charge in [-0.3, -0.25) is 9.59 Å². The lowest BCUT2D eigenvalue weighted by Gasteiger charge is -2.11. The Morgan fingerprint density at radius 2 is 1.77 bits per heavy atom. The lowest BCUT2D eigenvalue weighted by Crippen LogP contribution is -2.34. The second kappa shape index (κ2) is 14.1. The number of rotatable bonds is 12. The maximum absolute atomic E-state index is 11.9. The molecule has 7 nitrogen and oxygen atoms in total. The summed E-state index contributed by atoms with van der Waals surface area (Å²) in [7, 11) is 1.52. The van der Waals surface area contributed by atoms with E-state index in [1.807, 2.05) is 42.5 Å². The van der Waals surface area contributed by atoms with Crippen molar-refractivity contribution in [3.63, 3.8) is 0 Å². The highest BCUT2D eigenvalue weighted by atomic mass is 32.1. The van der Waals surface area contributed by atoms with Crippen LogP contribution in [0.15, 0.2) is 54.6 Å². The number of benzene rings is 2.